The lowest BCUT2D eigenvalue weighted by Gasteiger charge is -2.03. The van der Waals surface area contributed by atoms with Crippen LogP contribution in [0.2, 0.25) is 0 Å². The van der Waals surface area contributed by atoms with Gasteiger partial charge in [-0.2, -0.15) is 0 Å². The molecule has 0 aliphatic rings. The Balaban J connectivity index is 0.000000211. The van der Waals surface area contributed by atoms with Crippen molar-refractivity contribution in [2.24, 2.45) is 0 Å². The van der Waals surface area contributed by atoms with Gasteiger partial charge in [0, 0.05) is 36.9 Å². The average Bonchev–Trinajstić information content (AvgIpc) is 2.96. The summed E-state index contributed by atoms with van der Waals surface area (Å²) in [5, 5.41) is 9.88. The molecule has 0 spiro atoms. The van der Waals surface area contributed by atoms with E-state index in [1.165, 1.54) is 5.39 Å². The molecule has 4 nitrogen and oxygen atoms in total. The van der Waals surface area contributed by atoms with Crippen LogP contribution in [0.1, 0.15) is 19.2 Å². The van der Waals surface area contributed by atoms with Gasteiger partial charge in [0.05, 0.1) is 12.1 Å². The standard InChI is InChI=1S/C9H7N.C8H14N2O.BrH/c1-2-6-9-8(4-1)5-3-7-10-9;1-2-5-10-6-4-9-8(10)3-7-11;/h1-7H;4,6,11H,2-3,5,7H2,1H3;1H. The fourth-order valence-corrected chi connectivity index (χ4v) is 2.13. The molecule has 0 fully saturated rings. The van der Waals surface area contributed by atoms with Gasteiger partial charge in [0.25, 0.3) is 0 Å². The van der Waals surface area contributed by atoms with Gasteiger partial charge in [-0.15, -0.1) is 17.0 Å². The van der Waals surface area contributed by atoms with E-state index in [-0.39, 0.29) is 23.6 Å². The molecule has 118 valence electrons. The van der Waals surface area contributed by atoms with Crippen molar-refractivity contribution < 1.29 is 5.11 Å². The monoisotopic (exact) mass is 363 g/mol. The Labute approximate surface area is 141 Å². The minimum atomic E-state index is 0. The van der Waals surface area contributed by atoms with Crippen LogP contribution >= 0.6 is 17.0 Å². The quantitative estimate of drug-likeness (QED) is 0.769. The Morgan fingerprint density at radius 1 is 1.05 bits per heavy atom. The third-order valence-electron chi connectivity index (χ3n) is 3.11. The highest BCUT2D eigenvalue weighted by molar-refractivity contribution is 8.93. The lowest BCUT2D eigenvalue weighted by atomic mass is 10.2. The third kappa shape index (κ3) is 5.24. The first kappa shape index (κ1) is 18.3. The number of fused-ring (bicyclic) bond motifs is 1. The maximum Gasteiger partial charge on any atom is 0.110 e. The topological polar surface area (TPSA) is 50.9 Å². The Bertz CT molecular complexity index is 584. The van der Waals surface area contributed by atoms with Gasteiger partial charge in [-0.25, -0.2) is 4.98 Å². The molecule has 3 rings (SSSR count). The molecule has 0 atom stereocenters. The van der Waals surface area contributed by atoms with E-state index >= 15 is 0 Å². The van der Waals surface area contributed by atoms with E-state index in [0.717, 1.165) is 24.3 Å². The van der Waals surface area contributed by atoms with Gasteiger partial charge in [0.1, 0.15) is 5.82 Å². The normalized spacial score (nSPS) is 9.73. The number of aliphatic hydroxyl groups is 1. The van der Waals surface area contributed by atoms with Crippen molar-refractivity contribution in [1.29, 1.82) is 0 Å². The number of aryl methyl sites for hydroxylation is 1. The van der Waals surface area contributed by atoms with Crippen molar-refractivity contribution in [1.82, 2.24) is 14.5 Å². The number of aliphatic hydroxyl groups excluding tert-OH is 1. The number of nitrogens with zero attached hydrogens (tertiary/aromatic N) is 3. The van der Waals surface area contributed by atoms with Gasteiger partial charge >= 0.3 is 0 Å². The maximum atomic E-state index is 8.68. The SMILES string of the molecule is Br.CCCn1ccnc1CCO.c1ccc2ncccc2c1. The Kier molecular flexibility index (Phi) is 8.40. The number of rotatable bonds is 4. The Hall–Kier alpha value is -1.72. The summed E-state index contributed by atoms with van der Waals surface area (Å²) in [5.74, 6) is 0.981. The van der Waals surface area contributed by atoms with Gasteiger partial charge in [0.15, 0.2) is 0 Å². The van der Waals surface area contributed by atoms with Crippen LogP contribution in [0.15, 0.2) is 55.0 Å². The summed E-state index contributed by atoms with van der Waals surface area (Å²) in [6, 6.07) is 12.1. The fourth-order valence-electron chi connectivity index (χ4n) is 2.13. The van der Waals surface area contributed by atoms with Crippen molar-refractivity contribution in [3.8, 4) is 0 Å². The van der Waals surface area contributed by atoms with Crippen LogP contribution in [0, 0.1) is 0 Å². The molecule has 0 saturated heterocycles. The molecule has 2 heterocycles. The highest BCUT2D eigenvalue weighted by atomic mass is 79.9. The lowest BCUT2D eigenvalue weighted by molar-refractivity contribution is 0.294. The second-order valence-corrected chi connectivity index (χ2v) is 4.71. The smallest absolute Gasteiger partial charge is 0.110 e. The van der Waals surface area contributed by atoms with E-state index in [4.69, 9.17) is 5.11 Å². The largest absolute Gasteiger partial charge is 0.396 e. The molecule has 3 aromatic rings. The molecule has 22 heavy (non-hydrogen) atoms. The molecule has 0 unspecified atom stereocenters. The zero-order chi connectivity index (χ0) is 14.9. The summed E-state index contributed by atoms with van der Waals surface area (Å²) in [4.78, 5) is 8.31. The number of aromatic nitrogens is 3. The van der Waals surface area contributed by atoms with Gasteiger partial charge in [-0.3, -0.25) is 4.98 Å². The van der Waals surface area contributed by atoms with Crippen LogP contribution in [0.4, 0.5) is 0 Å². The van der Waals surface area contributed by atoms with E-state index < -0.39 is 0 Å². The third-order valence-corrected chi connectivity index (χ3v) is 3.11. The minimum absolute atomic E-state index is 0. The highest BCUT2D eigenvalue weighted by Crippen LogP contribution is 2.07. The summed E-state index contributed by atoms with van der Waals surface area (Å²) < 4.78 is 2.08. The summed E-state index contributed by atoms with van der Waals surface area (Å²) in [6.45, 7) is 3.30. The van der Waals surface area contributed by atoms with E-state index in [0.29, 0.717) is 6.42 Å². The molecule has 0 radical (unpaired) electrons. The first-order chi connectivity index (χ1) is 10.3. The molecule has 0 saturated carbocycles. The van der Waals surface area contributed by atoms with Gasteiger partial charge in [-0.1, -0.05) is 31.2 Å². The molecule has 1 aromatic carbocycles. The Morgan fingerprint density at radius 2 is 1.82 bits per heavy atom. The van der Waals surface area contributed by atoms with Gasteiger partial charge in [-0.05, 0) is 18.6 Å². The van der Waals surface area contributed by atoms with Gasteiger partial charge in [0.2, 0.25) is 0 Å². The van der Waals surface area contributed by atoms with Crippen molar-refractivity contribution in [3.05, 3.63) is 60.8 Å². The highest BCUT2D eigenvalue weighted by Gasteiger charge is 1.99. The van der Waals surface area contributed by atoms with Crippen LogP contribution < -0.4 is 0 Å². The molecule has 0 amide bonds. The minimum Gasteiger partial charge on any atom is -0.396 e. The molecule has 2 aromatic heterocycles. The lowest BCUT2D eigenvalue weighted by Crippen LogP contribution is -2.04. The molecule has 0 aliphatic carbocycles. The molecular formula is C17H22BrN3O. The molecule has 0 bridgehead atoms. The zero-order valence-electron chi connectivity index (χ0n) is 12.7. The first-order valence-corrected chi connectivity index (χ1v) is 7.25. The number of halogens is 1. The second kappa shape index (κ2) is 10.1. The van der Waals surface area contributed by atoms with E-state index in [2.05, 4.69) is 33.6 Å². The molecule has 5 heteroatoms. The Morgan fingerprint density at radius 3 is 2.55 bits per heavy atom. The van der Waals surface area contributed by atoms with E-state index in [9.17, 15) is 0 Å². The van der Waals surface area contributed by atoms with Crippen LogP contribution in [0.25, 0.3) is 10.9 Å². The van der Waals surface area contributed by atoms with Gasteiger partial charge < -0.3 is 9.67 Å². The molecular weight excluding hydrogens is 342 g/mol. The number of para-hydroxylation sites is 1. The number of imidazole rings is 1. The van der Waals surface area contributed by atoms with E-state index in [1.807, 2.05) is 36.7 Å². The number of hydrogen-bond donors (Lipinski definition) is 1. The van der Waals surface area contributed by atoms with E-state index in [1.54, 1.807) is 6.20 Å². The molecule has 0 aliphatic heterocycles. The predicted molar refractivity (Wildman–Crippen MR) is 95.4 cm³/mol. The predicted octanol–water partition coefficient (Wildman–Crippen LogP) is 3.64. The second-order valence-electron chi connectivity index (χ2n) is 4.71. The number of benzene rings is 1. The van der Waals surface area contributed by atoms with Crippen LogP contribution in [0.5, 0.6) is 0 Å². The van der Waals surface area contributed by atoms with Crippen LogP contribution in [-0.2, 0) is 13.0 Å². The maximum absolute atomic E-state index is 8.68. The molecule has 1 N–H and O–H groups in total. The van der Waals surface area contributed by atoms with Crippen molar-refractivity contribution in [3.63, 3.8) is 0 Å². The summed E-state index contributed by atoms with van der Waals surface area (Å²) >= 11 is 0. The van der Waals surface area contributed by atoms with Crippen molar-refractivity contribution in [2.75, 3.05) is 6.61 Å². The first-order valence-electron chi connectivity index (χ1n) is 7.25. The van der Waals surface area contributed by atoms with Crippen LogP contribution in [0.3, 0.4) is 0 Å². The summed E-state index contributed by atoms with van der Waals surface area (Å²) in [5.41, 5.74) is 1.06. The number of hydrogen-bond acceptors (Lipinski definition) is 3. The average molecular weight is 364 g/mol. The fraction of sp³-hybridized carbons (Fsp3) is 0.294. The number of pyridine rings is 1. The zero-order valence-corrected chi connectivity index (χ0v) is 14.4. The van der Waals surface area contributed by atoms with Crippen molar-refractivity contribution >= 4 is 27.9 Å². The van der Waals surface area contributed by atoms with Crippen molar-refractivity contribution in [2.45, 2.75) is 26.3 Å². The summed E-state index contributed by atoms with van der Waals surface area (Å²) in [7, 11) is 0. The van der Waals surface area contributed by atoms with Crippen LogP contribution in [-0.4, -0.2) is 26.2 Å². The summed E-state index contributed by atoms with van der Waals surface area (Å²) in [6.07, 6.45) is 7.30.